The van der Waals surface area contributed by atoms with Crippen molar-refractivity contribution in [1.29, 1.82) is 0 Å². The van der Waals surface area contributed by atoms with Crippen LogP contribution in [-0.2, 0) is 11.2 Å². The highest BCUT2D eigenvalue weighted by molar-refractivity contribution is 5.99. The molecular formula is C24H30N4O3. The van der Waals surface area contributed by atoms with E-state index >= 15 is 0 Å². The van der Waals surface area contributed by atoms with Crippen molar-refractivity contribution in [2.24, 2.45) is 0 Å². The lowest BCUT2D eigenvalue weighted by Crippen LogP contribution is -2.47. The van der Waals surface area contributed by atoms with Gasteiger partial charge in [-0.15, -0.1) is 0 Å². The van der Waals surface area contributed by atoms with Crippen molar-refractivity contribution < 1.29 is 14.3 Å². The molecule has 3 heterocycles. The SMILES string of the molecule is CC(=O)c1ccccc1N1CCN(CCCCOc2ccc3c(n2)NC(=O)CC3)CC1. The number of piperazine rings is 1. The van der Waals surface area contributed by atoms with Crippen LogP contribution in [0.2, 0.25) is 0 Å². The molecule has 1 aromatic carbocycles. The second kappa shape index (κ2) is 9.92. The molecule has 0 radical (unpaired) electrons. The summed E-state index contributed by atoms with van der Waals surface area (Å²) in [4.78, 5) is 32.6. The van der Waals surface area contributed by atoms with E-state index in [-0.39, 0.29) is 11.7 Å². The van der Waals surface area contributed by atoms with Crippen LogP contribution in [0, 0.1) is 0 Å². The van der Waals surface area contributed by atoms with Crippen molar-refractivity contribution in [1.82, 2.24) is 9.88 Å². The van der Waals surface area contributed by atoms with Crippen LogP contribution in [-0.4, -0.2) is 60.9 Å². The summed E-state index contributed by atoms with van der Waals surface area (Å²) < 4.78 is 5.79. The highest BCUT2D eigenvalue weighted by Crippen LogP contribution is 2.24. The lowest BCUT2D eigenvalue weighted by molar-refractivity contribution is -0.116. The Hall–Kier alpha value is -2.93. The number of para-hydroxylation sites is 1. The van der Waals surface area contributed by atoms with Crippen molar-refractivity contribution in [3.8, 4) is 5.88 Å². The average Bonchev–Trinajstić information content (AvgIpc) is 2.79. The van der Waals surface area contributed by atoms with E-state index in [1.165, 1.54) is 0 Å². The summed E-state index contributed by atoms with van der Waals surface area (Å²) in [6.07, 6.45) is 3.28. The maximum atomic E-state index is 11.9. The normalized spacial score (nSPS) is 16.5. The zero-order chi connectivity index (χ0) is 21.6. The van der Waals surface area contributed by atoms with E-state index in [1.54, 1.807) is 6.92 Å². The molecule has 0 bridgehead atoms. The fourth-order valence-electron chi connectivity index (χ4n) is 4.18. The summed E-state index contributed by atoms with van der Waals surface area (Å²) in [5.41, 5.74) is 2.93. The fraction of sp³-hybridized carbons (Fsp3) is 0.458. The fourth-order valence-corrected chi connectivity index (χ4v) is 4.18. The van der Waals surface area contributed by atoms with Crippen LogP contribution in [0.3, 0.4) is 0 Å². The Bertz CT molecular complexity index is 938. The minimum atomic E-state index is 0.0158. The molecule has 0 saturated carbocycles. The van der Waals surface area contributed by atoms with Gasteiger partial charge in [0.05, 0.1) is 6.61 Å². The van der Waals surface area contributed by atoms with E-state index in [0.29, 0.717) is 24.7 Å². The second-order valence-corrected chi connectivity index (χ2v) is 8.16. The van der Waals surface area contributed by atoms with Crippen LogP contribution in [0.25, 0.3) is 0 Å². The smallest absolute Gasteiger partial charge is 0.225 e. The first-order valence-electron chi connectivity index (χ1n) is 11.1. The highest BCUT2D eigenvalue weighted by atomic mass is 16.5. The van der Waals surface area contributed by atoms with Gasteiger partial charge in [-0.3, -0.25) is 14.5 Å². The van der Waals surface area contributed by atoms with E-state index in [4.69, 9.17) is 4.74 Å². The third kappa shape index (κ3) is 5.41. The number of benzene rings is 1. The first-order valence-corrected chi connectivity index (χ1v) is 11.1. The Morgan fingerprint density at radius 3 is 2.68 bits per heavy atom. The van der Waals surface area contributed by atoms with Gasteiger partial charge in [0.1, 0.15) is 5.82 Å². The Kier molecular flexibility index (Phi) is 6.82. The summed E-state index contributed by atoms with van der Waals surface area (Å²) in [6, 6.07) is 11.8. The van der Waals surface area contributed by atoms with Crippen molar-refractivity contribution >= 4 is 23.2 Å². The molecule has 164 valence electrons. The number of unbranched alkanes of at least 4 members (excludes halogenated alkanes) is 1. The molecule has 0 spiro atoms. The van der Waals surface area contributed by atoms with Gasteiger partial charge in [0.15, 0.2) is 5.78 Å². The summed E-state index contributed by atoms with van der Waals surface area (Å²) >= 11 is 0. The molecule has 2 aliphatic rings. The first kappa shape index (κ1) is 21.3. The number of anilines is 2. The minimum absolute atomic E-state index is 0.0158. The van der Waals surface area contributed by atoms with Gasteiger partial charge < -0.3 is 15.0 Å². The molecule has 0 aliphatic carbocycles. The monoisotopic (exact) mass is 422 g/mol. The molecule has 1 fully saturated rings. The number of rotatable bonds is 8. The Morgan fingerprint density at radius 2 is 1.87 bits per heavy atom. The highest BCUT2D eigenvalue weighted by Gasteiger charge is 2.20. The van der Waals surface area contributed by atoms with Crippen LogP contribution in [0.5, 0.6) is 5.88 Å². The molecule has 1 aromatic heterocycles. The van der Waals surface area contributed by atoms with Crippen LogP contribution >= 0.6 is 0 Å². The van der Waals surface area contributed by atoms with Gasteiger partial charge in [0.2, 0.25) is 11.8 Å². The molecule has 1 amide bonds. The topological polar surface area (TPSA) is 74.8 Å². The number of fused-ring (bicyclic) bond motifs is 1. The molecule has 7 heteroatoms. The van der Waals surface area contributed by atoms with Crippen molar-refractivity contribution in [3.63, 3.8) is 0 Å². The molecular weight excluding hydrogens is 392 g/mol. The molecule has 0 unspecified atom stereocenters. The predicted molar refractivity (Wildman–Crippen MR) is 121 cm³/mol. The predicted octanol–water partition coefficient (Wildman–Crippen LogP) is 3.15. The van der Waals surface area contributed by atoms with E-state index < -0.39 is 0 Å². The molecule has 4 rings (SSSR count). The lowest BCUT2D eigenvalue weighted by atomic mass is 10.1. The molecule has 7 nitrogen and oxygen atoms in total. The van der Waals surface area contributed by atoms with Gasteiger partial charge in [-0.25, -0.2) is 0 Å². The number of nitrogens with zero attached hydrogens (tertiary/aromatic N) is 3. The largest absolute Gasteiger partial charge is 0.478 e. The summed E-state index contributed by atoms with van der Waals surface area (Å²) in [7, 11) is 0. The zero-order valence-corrected chi connectivity index (χ0v) is 18.1. The number of Topliss-reactive ketones (excluding diaryl/α,β-unsaturated/α-hetero) is 1. The second-order valence-electron chi connectivity index (χ2n) is 8.16. The number of nitrogens with one attached hydrogen (secondary N) is 1. The van der Waals surface area contributed by atoms with Crippen LogP contribution in [0.1, 0.15) is 42.1 Å². The van der Waals surface area contributed by atoms with Crippen molar-refractivity contribution in [2.75, 3.05) is 49.5 Å². The number of ketones is 1. The van der Waals surface area contributed by atoms with Crippen LogP contribution in [0.15, 0.2) is 36.4 Å². The maximum absolute atomic E-state index is 11.9. The van der Waals surface area contributed by atoms with E-state index in [2.05, 4.69) is 20.1 Å². The number of hydrogen-bond acceptors (Lipinski definition) is 6. The number of pyridine rings is 1. The zero-order valence-electron chi connectivity index (χ0n) is 18.1. The maximum Gasteiger partial charge on any atom is 0.225 e. The third-order valence-corrected chi connectivity index (χ3v) is 5.95. The number of amides is 1. The Labute approximate surface area is 183 Å². The average molecular weight is 423 g/mol. The van der Waals surface area contributed by atoms with Gasteiger partial charge >= 0.3 is 0 Å². The van der Waals surface area contributed by atoms with Gasteiger partial charge in [-0.1, -0.05) is 12.1 Å². The first-order chi connectivity index (χ1) is 15.1. The molecule has 31 heavy (non-hydrogen) atoms. The molecule has 0 atom stereocenters. The number of carbonyl (C=O) groups excluding carboxylic acids is 2. The quantitative estimate of drug-likeness (QED) is 0.520. The van der Waals surface area contributed by atoms with E-state index in [9.17, 15) is 9.59 Å². The molecule has 2 aromatic rings. The number of aromatic nitrogens is 1. The summed E-state index contributed by atoms with van der Waals surface area (Å²) in [6.45, 7) is 7.16. The number of aryl methyl sites for hydroxylation is 1. The number of ether oxygens (including phenoxy) is 1. The van der Waals surface area contributed by atoms with Crippen molar-refractivity contribution in [2.45, 2.75) is 32.6 Å². The van der Waals surface area contributed by atoms with Crippen molar-refractivity contribution in [3.05, 3.63) is 47.5 Å². The summed E-state index contributed by atoms with van der Waals surface area (Å²) in [5.74, 6) is 1.34. The number of carbonyl (C=O) groups is 2. The molecule has 2 aliphatic heterocycles. The Balaban J connectivity index is 1.16. The van der Waals surface area contributed by atoms with Gasteiger partial charge in [-0.05, 0) is 56.5 Å². The van der Waals surface area contributed by atoms with E-state index in [1.807, 2.05) is 36.4 Å². The van der Waals surface area contributed by atoms with Gasteiger partial charge in [0, 0.05) is 49.9 Å². The van der Waals surface area contributed by atoms with E-state index in [0.717, 1.165) is 68.8 Å². The standard InChI is InChI=1S/C24H30N4O3/c1-18(29)20-6-2-3-7-21(20)28-15-13-27(14-16-28)12-4-5-17-31-23-11-9-19-8-10-22(30)25-24(19)26-23/h2-3,6-7,9,11H,4-5,8,10,12-17H2,1H3,(H,25,26,30). The number of hydrogen-bond donors (Lipinski definition) is 1. The molecule has 1 saturated heterocycles. The van der Waals surface area contributed by atoms with Crippen LogP contribution in [0.4, 0.5) is 11.5 Å². The van der Waals surface area contributed by atoms with Gasteiger partial charge in [-0.2, -0.15) is 4.98 Å². The summed E-state index contributed by atoms with van der Waals surface area (Å²) in [5, 5.41) is 2.81. The lowest BCUT2D eigenvalue weighted by Gasteiger charge is -2.36. The Morgan fingerprint density at radius 1 is 1.06 bits per heavy atom. The van der Waals surface area contributed by atoms with Gasteiger partial charge in [0.25, 0.3) is 0 Å². The van der Waals surface area contributed by atoms with Crippen LogP contribution < -0.4 is 15.0 Å². The molecule has 1 N–H and O–H groups in total. The third-order valence-electron chi connectivity index (χ3n) is 5.95. The minimum Gasteiger partial charge on any atom is -0.478 e.